The molecule has 98 valence electrons. The molecule has 0 spiro atoms. The number of carboxylic acid groups (broad SMARTS) is 1. The second-order valence-electron chi connectivity index (χ2n) is 3.54. The molecule has 1 atom stereocenters. The van der Waals surface area contributed by atoms with E-state index in [4.69, 9.17) is 33.4 Å². The maximum atomic E-state index is 11.5. The maximum absolute atomic E-state index is 11.5. The molecule has 0 aliphatic heterocycles. The van der Waals surface area contributed by atoms with Crippen molar-refractivity contribution in [3.63, 3.8) is 0 Å². The molecule has 0 aromatic heterocycles. The minimum absolute atomic E-state index is 0.0785. The Morgan fingerprint density at radius 1 is 1.28 bits per heavy atom. The predicted molar refractivity (Wildman–Crippen MR) is 66.8 cm³/mol. The summed E-state index contributed by atoms with van der Waals surface area (Å²) in [5.74, 6) is -1.86. The van der Waals surface area contributed by atoms with Crippen molar-refractivity contribution < 1.29 is 19.8 Å². The number of carbonyl (C=O) groups is 2. The van der Waals surface area contributed by atoms with Crippen LogP contribution in [-0.4, -0.2) is 34.7 Å². The van der Waals surface area contributed by atoms with Crippen molar-refractivity contribution in [3.05, 3.63) is 33.8 Å². The molecule has 0 saturated carbocycles. The van der Waals surface area contributed by atoms with Gasteiger partial charge >= 0.3 is 5.97 Å². The summed E-state index contributed by atoms with van der Waals surface area (Å²) in [5, 5.41) is 20.4. The van der Waals surface area contributed by atoms with Gasteiger partial charge in [0.1, 0.15) is 0 Å². The van der Waals surface area contributed by atoms with E-state index in [0.29, 0.717) is 15.6 Å². The van der Waals surface area contributed by atoms with E-state index in [1.54, 1.807) is 18.2 Å². The number of benzene rings is 1. The second kappa shape index (κ2) is 6.58. The highest BCUT2D eigenvalue weighted by atomic mass is 35.5. The van der Waals surface area contributed by atoms with Crippen molar-refractivity contribution in [1.29, 1.82) is 0 Å². The highest BCUT2D eigenvalue weighted by Gasteiger charge is 2.15. The topological polar surface area (TPSA) is 86.6 Å². The number of amides is 1. The summed E-state index contributed by atoms with van der Waals surface area (Å²) in [6.07, 6.45) is -1.71. The average molecular weight is 292 g/mol. The molecule has 0 heterocycles. The van der Waals surface area contributed by atoms with Crippen LogP contribution in [0.15, 0.2) is 18.2 Å². The third-order valence-electron chi connectivity index (χ3n) is 2.18. The molecule has 7 heteroatoms. The van der Waals surface area contributed by atoms with Gasteiger partial charge in [0.25, 0.3) is 0 Å². The van der Waals surface area contributed by atoms with Gasteiger partial charge in [-0.3, -0.25) is 4.79 Å². The zero-order valence-corrected chi connectivity index (χ0v) is 10.7. The second-order valence-corrected chi connectivity index (χ2v) is 4.35. The first-order chi connectivity index (χ1) is 8.41. The van der Waals surface area contributed by atoms with Crippen molar-refractivity contribution in [1.82, 2.24) is 5.32 Å². The standard InChI is InChI=1S/C11H11Cl2NO4/c12-7-2-1-3-8(13)6(7)4-10(16)14-5-9(15)11(17)18/h1-3,9,15H,4-5H2,(H,14,16)(H,17,18)/t9-/m0/s1. The number of nitrogens with one attached hydrogen (secondary N) is 1. The number of aliphatic hydroxyl groups is 1. The number of aliphatic hydroxyl groups excluding tert-OH is 1. The fraction of sp³-hybridized carbons (Fsp3) is 0.273. The summed E-state index contributed by atoms with van der Waals surface area (Å²) in [5.41, 5.74) is 0.461. The Balaban J connectivity index is 2.58. The first-order valence-corrected chi connectivity index (χ1v) is 5.78. The van der Waals surface area contributed by atoms with Gasteiger partial charge in [0, 0.05) is 10.0 Å². The largest absolute Gasteiger partial charge is 0.479 e. The Bertz CT molecular complexity index is 444. The van der Waals surface area contributed by atoms with E-state index < -0.39 is 18.0 Å². The lowest BCUT2D eigenvalue weighted by Gasteiger charge is -2.09. The zero-order chi connectivity index (χ0) is 13.7. The lowest BCUT2D eigenvalue weighted by molar-refractivity contribution is -0.146. The van der Waals surface area contributed by atoms with E-state index in [2.05, 4.69) is 5.32 Å². The van der Waals surface area contributed by atoms with Gasteiger partial charge in [-0.2, -0.15) is 0 Å². The summed E-state index contributed by atoms with van der Waals surface area (Å²) in [4.78, 5) is 21.8. The van der Waals surface area contributed by atoms with Crippen molar-refractivity contribution in [3.8, 4) is 0 Å². The number of carboxylic acids is 1. The van der Waals surface area contributed by atoms with Crippen LogP contribution in [0, 0.1) is 0 Å². The van der Waals surface area contributed by atoms with Crippen LogP contribution >= 0.6 is 23.2 Å². The molecule has 0 unspecified atom stereocenters. The van der Waals surface area contributed by atoms with Crippen LogP contribution in [0.5, 0.6) is 0 Å². The van der Waals surface area contributed by atoms with Gasteiger partial charge in [-0.05, 0) is 17.7 Å². The third-order valence-corrected chi connectivity index (χ3v) is 2.88. The number of hydrogen-bond donors (Lipinski definition) is 3. The first-order valence-electron chi connectivity index (χ1n) is 5.02. The summed E-state index contributed by atoms with van der Waals surface area (Å²) in [7, 11) is 0. The van der Waals surface area contributed by atoms with Crippen molar-refractivity contribution in [2.24, 2.45) is 0 Å². The van der Waals surface area contributed by atoms with E-state index >= 15 is 0 Å². The number of carbonyl (C=O) groups excluding carboxylic acids is 1. The Hall–Kier alpha value is -1.30. The molecular weight excluding hydrogens is 281 g/mol. The van der Waals surface area contributed by atoms with Crippen LogP contribution < -0.4 is 5.32 Å². The monoisotopic (exact) mass is 291 g/mol. The Morgan fingerprint density at radius 2 is 1.83 bits per heavy atom. The summed E-state index contributed by atoms with van der Waals surface area (Å²) >= 11 is 11.8. The third kappa shape index (κ3) is 4.18. The molecule has 0 fully saturated rings. The summed E-state index contributed by atoms with van der Waals surface area (Å²) in [6.45, 7) is -0.365. The van der Waals surface area contributed by atoms with E-state index in [1.807, 2.05) is 0 Å². The molecule has 18 heavy (non-hydrogen) atoms. The van der Waals surface area contributed by atoms with Gasteiger partial charge in [-0.25, -0.2) is 4.79 Å². The van der Waals surface area contributed by atoms with Gasteiger partial charge in [-0.1, -0.05) is 29.3 Å². The number of halogens is 2. The molecule has 0 radical (unpaired) electrons. The van der Waals surface area contributed by atoms with Gasteiger partial charge in [-0.15, -0.1) is 0 Å². The molecule has 3 N–H and O–H groups in total. The average Bonchev–Trinajstić information content (AvgIpc) is 2.30. The van der Waals surface area contributed by atoms with Gasteiger partial charge < -0.3 is 15.5 Å². The fourth-order valence-electron chi connectivity index (χ4n) is 1.22. The van der Waals surface area contributed by atoms with Gasteiger partial charge in [0.15, 0.2) is 6.10 Å². The molecule has 0 aliphatic rings. The smallest absolute Gasteiger partial charge is 0.334 e. The van der Waals surface area contributed by atoms with Crippen LogP contribution in [-0.2, 0) is 16.0 Å². The molecule has 0 bridgehead atoms. The van der Waals surface area contributed by atoms with Crippen LogP contribution in [0.4, 0.5) is 0 Å². The zero-order valence-electron chi connectivity index (χ0n) is 9.19. The van der Waals surface area contributed by atoms with E-state index in [9.17, 15) is 9.59 Å². The van der Waals surface area contributed by atoms with Crippen molar-refractivity contribution in [2.45, 2.75) is 12.5 Å². The van der Waals surface area contributed by atoms with Crippen molar-refractivity contribution >= 4 is 35.1 Å². The fourth-order valence-corrected chi connectivity index (χ4v) is 1.75. The Labute approximate surface area is 113 Å². The lowest BCUT2D eigenvalue weighted by atomic mass is 10.1. The van der Waals surface area contributed by atoms with Crippen LogP contribution in [0.3, 0.4) is 0 Å². The molecule has 5 nitrogen and oxygen atoms in total. The SMILES string of the molecule is O=C(Cc1c(Cl)cccc1Cl)NC[C@H](O)C(=O)O. The van der Waals surface area contributed by atoms with Crippen LogP contribution in [0.2, 0.25) is 10.0 Å². The molecule has 1 amide bonds. The van der Waals surface area contributed by atoms with E-state index in [-0.39, 0.29) is 13.0 Å². The molecule has 0 aliphatic carbocycles. The molecule has 0 saturated heterocycles. The summed E-state index contributed by atoms with van der Waals surface area (Å²) in [6, 6.07) is 4.85. The van der Waals surface area contributed by atoms with Gasteiger partial charge in [0.2, 0.25) is 5.91 Å². The molecule has 1 aromatic carbocycles. The minimum atomic E-state index is -1.63. The molecule has 1 rings (SSSR count). The van der Waals surface area contributed by atoms with Gasteiger partial charge in [0.05, 0.1) is 13.0 Å². The Morgan fingerprint density at radius 3 is 2.33 bits per heavy atom. The maximum Gasteiger partial charge on any atom is 0.334 e. The van der Waals surface area contributed by atoms with Crippen LogP contribution in [0.1, 0.15) is 5.56 Å². The first kappa shape index (κ1) is 14.8. The highest BCUT2D eigenvalue weighted by Crippen LogP contribution is 2.24. The normalized spacial score (nSPS) is 11.9. The highest BCUT2D eigenvalue weighted by molar-refractivity contribution is 6.36. The molecular formula is C11H11Cl2NO4. The lowest BCUT2D eigenvalue weighted by Crippen LogP contribution is -2.37. The quantitative estimate of drug-likeness (QED) is 0.758. The number of rotatable bonds is 5. The molecule has 1 aromatic rings. The summed E-state index contributed by atoms with van der Waals surface area (Å²) < 4.78 is 0. The van der Waals surface area contributed by atoms with Crippen molar-refractivity contribution in [2.75, 3.05) is 6.54 Å². The number of aliphatic carboxylic acids is 1. The van der Waals surface area contributed by atoms with E-state index in [0.717, 1.165) is 0 Å². The number of hydrogen-bond acceptors (Lipinski definition) is 3. The Kier molecular flexibility index (Phi) is 5.40. The van der Waals surface area contributed by atoms with Crippen LogP contribution in [0.25, 0.3) is 0 Å². The van der Waals surface area contributed by atoms with E-state index in [1.165, 1.54) is 0 Å². The predicted octanol–water partition coefficient (Wildman–Crippen LogP) is 1.10. The minimum Gasteiger partial charge on any atom is -0.479 e.